The number of nitrogens with zero attached hydrogens (tertiary/aromatic N) is 2. The molecule has 0 aliphatic heterocycles. The minimum absolute atomic E-state index is 0.135. The van der Waals surface area contributed by atoms with Gasteiger partial charge in [-0.1, -0.05) is 12.8 Å². The Balaban J connectivity index is 1.70. The van der Waals surface area contributed by atoms with Gasteiger partial charge in [-0.2, -0.15) is 5.10 Å². The van der Waals surface area contributed by atoms with Gasteiger partial charge >= 0.3 is 0 Å². The summed E-state index contributed by atoms with van der Waals surface area (Å²) < 4.78 is 1.71. The first-order chi connectivity index (χ1) is 8.25. The van der Waals surface area contributed by atoms with Crippen LogP contribution in [0.4, 0.5) is 0 Å². The van der Waals surface area contributed by atoms with Crippen molar-refractivity contribution in [1.29, 1.82) is 0 Å². The van der Waals surface area contributed by atoms with E-state index < -0.39 is 6.10 Å². The number of nitrogens with one attached hydrogen (secondary N) is 1. The average Bonchev–Trinajstić information content (AvgIpc) is 2.81. The fourth-order valence-electron chi connectivity index (χ4n) is 2.33. The Kier molecular flexibility index (Phi) is 4.53. The highest BCUT2D eigenvalue weighted by Gasteiger charge is 2.22. The van der Waals surface area contributed by atoms with E-state index in [1.54, 1.807) is 10.9 Å². The molecule has 5 nitrogen and oxygen atoms in total. The zero-order valence-electron chi connectivity index (χ0n) is 10.00. The lowest BCUT2D eigenvalue weighted by Gasteiger charge is -2.29. The van der Waals surface area contributed by atoms with Crippen LogP contribution in [0.1, 0.15) is 25.7 Å². The van der Waals surface area contributed by atoms with E-state index >= 15 is 0 Å². The molecule has 1 aromatic rings. The van der Waals surface area contributed by atoms with E-state index in [-0.39, 0.29) is 12.1 Å². The summed E-state index contributed by atoms with van der Waals surface area (Å²) in [5, 5.41) is 26.9. The fraction of sp³-hybridized carbons (Fsp3) is 0.750. The van der Waals surface area contributed by atoms with Crippen LogP contribution in [0, 0.1) is 0 Å². The van der Waals surface area contributed by atoms with Gasteiger partial charge in [0, 0.05) is 25.0 Å². The van der Waals surface area contributed by atoms with Crippen molar-refractivity contribution in [3.8, 4) is 0 Å². The van der Waals surface area contributed by atoms with Gasteiger partial charge in [-0.15, -0.1) is 0 Å². The van der Waals surface area contributed by atoms with Crippen LogP contribution in [0.5, 0.6) is 0 Å². The second-order valence-corrected chi connectivity index (χ2v) is 4.75. The Morgan fingerprint density at radius 1 is 1.41 bits per heavy atom. The number of hydrogen-bond acceptors (Lipinski definition) is 4. The second kappa shape index (κ2) is 6.14. The third kappa shape index (κ3) is 3.80. The predicted molar refractivity (Wildman–Crippen MR) is 64.5 cm³/mol. The van der Waals surface area contributed by atoms with Gasteiger partial charge in [0.15, 0.2) is 0 Å². The monoisotopic (exact) mass is 239 g/mol. The molecule has 17 heavy (non-hydrogen) atoms. The molecule has 2 rings (SSSR count). The maximum absolute atomic E-state index is 9.83. The topological polar surface area (TPSA) is 70.3 Å². The van der Waals surface area contributed by atoms with Gasteiger partial charge in [0.05, 0.1) is 18.8 Å². The summed E-state index contributed by atoms with van der Waals surface area (Å²) in [6.07, 6.45) is 6.93. The highest BCUT2D eigenvalue weighted by molar-refractivity contribution is 4.82. The van der Waals surface area contributed by atoms with Crippen molar-refractivity contribution < 1.29 is 10.2 Å². The Morgan fingerprint density at radius 2 is 2.24 bits per heavy atom. The van der Waals surface area contributed by atoms with E-state index in [1.807, 2.05) is 12.3 Å². The summed E-state index contributed by atoms with van der Waals surface area (Å²) in [4.78, 5) is 0. The fourth-order valence-corrected chi connectivity index (χ4v) is 2.33. The first-order valence-electron chi connectivity index (χ1n) is 6.32. The maximum atomic E-state index is 9.83. The molecule has 5 heteroatoms. The third-order valence-corrected chi connectivity index (χ3v) is 3.30. The van der Waals surface area contributed by atoms with Crippen LogP contribution >= 0.6 is 0 Å². The molecule has 1 saturated carbocycles. The largest absolute Gasteiger partial charge is 0.392 e. The zero-order chi connectivity index (χ0) is 12.1. The third-order valence-electron chi connectivity index (χ3n) is 3.30. The lowest BCUT2D eigenvalue weighted by Crippen LogP contribution is -2.45. The van der Waals surface area contributed by atoms with Crippen molar-refractivity contribution in [3.05, 3.63) is 18.5 Å². The first-order valence-corrected chi connectivity index (χ1v) is 6.32. The SMILES string of the molecule is OC(CNC1CCCCC1O)Cn1cccn1. The minimum atomic E-state index is -0.468. The number of rotatable bonds is 5. The van der Waals surface area contributed by atoms with E-state index in [0.717, 1.165) is 25.7 Å². The summed E-state index contributed by atoms with van der Waals surface area (Å²) in [6.45, 7) is 0.990. The van der Waals surface area contributed by atoms with Crippen molar-refractivity contribution in [2.24, 2.45) is 0 Å². The number of hydrogen-bond donors (Lipinski definition) is 3. The molecule has 0 radical (unpaired) electrons. The van der Waals surface area contributed by atoms with E-state index in [1.165, 1.54) is 0 Å². The minimum Gasteiger partial charge on any atom is -0.392 e. The van der Waals surface area contributed by atoms with Crippen molar-refractivity contribution in [2.45, 2.75) is 50.5 Å². The number of aliphatic hydroxyl groups excluding tert-OH is 2. The van der Waals surface area contributed by atoms with Crippen LogP contribution in [0.2, 0.25) is 0 Å². The van der Waals surface area contributed by atoms with Crippen molar-refractivity contribution in [3.63, 3.8) is 0 Å². The normalized spacial score (nSPS) is 26.9. The molecular weight excluding hydrogens is 218 g/mol. The molecule has 1 fully saturated rings. The van der Waals surface area contributed by atoms with Gasteiger partial charge < -0.3 is 15.5 Å². The summed E-state index contributed by atoms with van der Waals surface area (Å²) in [6, 6.07) is 1.97. The van der Waals surface area contributed by atoms with Crippen molar-refractivity contribution in [2.75, 3.05) is 6.54 Å². The lowest BCUT2D eigenvalue weighted by molar-refractivity contribution is 0.0763. The highest BCUT2D eigenvalue weighted by atomic mass is 16.3. The molecule has 1 aliphatic rings. The maximum Gasteiger partial charge on any atom is 0.0860 e. The molecule has 1 aliphatic carbocycles. The molecule has 0 spiro atoms. The van der Waals surface area contributed by atoms with Gasteiger partial charge in [0.2, 0.25) is 0 Å². The number of aromatic nitrogens is 2. The quantitative estimate of drug-likeness (QED) is 0.683. The first kappa shape index (κ1) is 12.5. The van der Waals surface area contributed by atoms with E-state index in [0.29, 0.717) is 13.1 Å². The summed E-state index contributed by atoms with van der Waals surface area (Å²) >= 11 is 0. The molecule has 0 bridgehead atoms. The van der Waals surface area contributed by atoms with Gasteiger partial charge in [-0.3, -0.25) is 4.68 Å². The van der Waals surface area contributed by atoms with Crippen LogP contribution in [-0.4, -0.2) is 44.8 Å². The Morgan fingerprint density at radius 3 is 2.94 bits per heavy atom. The van der Waals surface area contributed by atoms with Crippen molar-refractivity contribution in [1.82, 2.24) is 15.1 Å². The van der Waals surface area contributed by atoms with Crippen LogP contribution in [0.3, 0.4) is 0 Å². The molecule has 1 aromatic heterocycles. The van der Waals surface area contributed by atoms with Gasteiger partial charge in [0.1, 0.15) is 0 Å². The smallest absolute Gasteiger partial charge is 0.0860 e. The van der Waals surface area contributed by atoms with Crippen LogP contribution in [0.15, 0.2) is 18.5 Å². The molecular formula is C12H21N3O2. The van der Waals surface area contributed by atoms with Gasteiger partial charge in [0.25, 0.3) is 0 Å². The molecule has 0 aromatic carbocycles. The van der Waals surface area contributed by atoms with Crippen molar-refractivity contribution >= 4 is 0 Å². The van der Waals surface area contributed by atoms with Gasteiger partial charge in [-0.25, -0.2) is 0 Å². The summed E-state index contributed by atoms with van der Waals surface area (Å²) in [5.41, 5.74) is 0. The average molecular weight is 239 g/mol. The standard InChI is InChI=1S/C12H21N3O2/c16-10(9-15-7-3-6-14-15)8-13-11-4-1-2-5-12(11)17/h3,6-7,10-13,16-17H,1-2,4-5,8-9H2. The Labute approximate surface area is 101 Å². The summed E-state index contributed by atoms with van der Waals surface area (Å²) in [7, 11) is 0. The zero-order valence-corrected chi connectivity index (χ0v) is 10.00. The molecule has 3 N–H and O–H groups in total. The number of aliphatic hydroxyl groups is 2. The summed E-state index contributed by atoms with van der Waals surface area (Å²) in [5.74, 6) is 0. The molecule has 3 unspecified atom stereocenters. The molecule has 0 saturated heterocycles. The lowest BCUT2D eigenvalue weighted by atomic mass is 9.92. The van der Waals surface area contributed by atoms with Crippen LogP contribution in [0.25, 0.3) is 0 Å². The van der Waals surface area contributed by atoms with E-state index in [2.05, 4.69) is 10.4 Å². The predicted octanol–water partition coefficient (Wildman–Crippen LogP) is 0.137. The van der Waals surface area contributed by atoms with Crippen LogP contribution in [-0.2, 0) is 6.54 Å². The van der Waals surface area contributed by atoms with E-state index in [9.17, 15) is 10.2 Å². The second-order valence-electron chi connectivity index (χ2n) is 4.75. The molecule has 1 heterocycles. The van der Waals surface area contributed by atoms with E-state index in [4.69, 9.17) is 0 Å². The molecule has 96 valence electrons. The molecule has 3 atom stereocenters. The molecule has 0 amide bonds. The van der Waals surface area contributed by atoms with Gasteiger partial charge in [-0.05, 0) is 18.9 Å². The highest BCUT2D eigenvalue weighted by Crippen LogP contribution is 2.18. The Bertz CT molecular complexity index is 316. The van der Waals surface area contributed by atoms with Crippen LogP contribution < -0.4 is 5.32 Å². The Hall–Kier alpha value is -0.910.